The molecule has 7 nitrogen and oxygen atoms in total. The summed E-state index contributed by atoms with van der Waals surface area (Å²) >= 11 is 0. The van der Waals surface area contributed by atoms with Crippen molar-refractivity contribution in [2.75, 3.05) is 6.61 Å². The lowest BCUT2D eigenvalue weighted by molar-refractivity contribution is -0.135. The fourth-order valence-corrected chi connectivity index (χ4v) is 5.10. The zero-order valence-electron chi connectivity index (χ0n) is 21.4. The van der Waals surface area contributed by atoms with Crippen molar-refractivity contribution < 1.29 is 23.5 Å². The summed E-state index contributed by atoms with van der Waals surface area (Å²) in [6.45, 7) is 11.9. The first-order valence-corrected chi connectivity index (χ1v) is 15.0. The van der Waals surface area contributed by atoms with E-state index in [1.807, 2.05) is 60.7 Å². The number of benzene rings is 2. The molecule has 3 atom stereocenters. The minimum Gasteiger partial charge on any atom is -0.409 e. The monoisotopic (exact) mass is 498 g/mol. The summed E-state index contributed by atoms with van der Waals surface area (Å²) in [5.74, 6) is -0.216. The Labute approximate surface area is 209 Å². The summed E-state index contributed by atoms with van der Waals surface area (Å²) in [5.41, 5.74) is 4.69. The Balaban J connectivity index is 1.87. The van der Waals surface area contributed by atoms with Gasteiger partial charge in [0, 0.05) is 0 Å². The molecule has 1 saturated heterocycles. The van der Waals surface area contributed by atoms with Gasteiger partial charge in [-0.15, -0.1) is 0 Å². The number of hydrogen-bond donors (Lipinski definition) is 1. The maximum absolute atomic E-state index is 12.2. The van der Waals surface area contributed by atoms with Gasteiger partial charge in [0.05, 0.1) is 38.4 Å². The topological polar surface area (TPSA) is 77.1 Å². The van der Waals surface area contributed by atoms with Crippen molar-refractivity contribution in [1.29, 1.82) is 0 Å². The predicted octanol–water partition coefficient (Wildman–Crippen LogP) is 4.44. The fourth-order valence-electron chi connectivity index (χ4n) is 3.79. The van der Waals surface area contributed by atoms with Crippen LogP contribution in [0.1, 0.15) is 38.3 Å². The van der Waals surface area contributed by atoms with E-state index in [-0.39, 0.29) is 24.0 Å². The van der Waals surface area contributed by atoms with Crippen LogP contribution in [0.25, 0.3) is 0 Å². The van der Waals surface area contributed by atoms with Crippen molar-refractivity contribution in [3.05, 3.63) is 71.8 Å². The maximum atomic E-state index is 12.2. The van der Waals surface area contributed by atoms with E-state index in [9.17, 15) is 9.59 Å². The number of hydrazine groups is 1. The number of ether oxygens (including phenoxy) is 2. The minimum absolute atomic E-state index is 0.0389. The molecule has 0 spiro atoms. The number of nitrogens with zero attached hydrogens (tertiary/aromatic N) is 1. The smallest absolute Gasteiger partial charge is 0.240 e. The Morgan fingerprint density at radius 3 is 2.14 bits per heavy atom. The average molecular weight is 499 g/mol. The van der Waals surface area contributed by atoms with E-state index in [0.717, 1.165) is 11.1 Å². The highest BCUT2D eigenvalue weighted by Crippen LogP contribution is 2.38. The van der Waals surface area contributed by atoms with E-state index in [1.165, 1.54) is 5.01 Å². The van der Waals surface area contributed by atoms with Crippen LogP contribution >= 0.6 is 0 Å². The molecule has 2 aromatic rings. The summed E-state index contributed by atoms with van der Waals surface area (Å²) in [6, 6.07) is 19.3. The summed E-state index contributed by atoms with van der Waals surface area (Å²) in [4.78, 5) is 24.0. The molecule has 190 valence electrons. The summed E-state index contributed by atoms with van der Waals surface area (Å²) < 4.78 is 19.4. The van der Waals surface area contributed by atoms with Crippen LogP contribution in [0.4, 0.5) is 0 Å². The number of rotatable bonds is 12. The quantitative estimate of drug-likeness (QED) is 0.346. The highest BCUT2D eigenvalue weighted by molar-refractivity contribution is 6.74. The van der Waals surface area contributed by atoms with Gasteiger partial charge >= 0.3 is 0 Å². The van der Waals surface area contributed by atoms with E-state index in [0.29, 0.717) is 19.6 Å². The second-order valence-corrected chi connectivity index (χ2v) is 15.3. The number of amides is 2. The molecule has 35 heavy (non-hydrogen) atoms. The van der Waals surface area contributed by atoms with Crippen molar-refractivity contribution in [2.24, 2.45) is 0 Å². The van der Waals surface area contributed by atoms with Gasteiger partial charge in [0.15, 0.2) is 8.32 Å². The first kappa shape index (κ1) is 27.1. The molecular formula is C27H38N2O5Si. The van der Waals surface area contributed by atoms with Gasteiger partial charge in [-0.05, 0) is 29.3 Å². The van der Waals surface area contributed by atoms with Crippen LogP contribution in [-0.4, -0.2) is 50.5 Å². The molecule has 0 aliphatic carbocycles. The largest absolute Gasteiger partial charge is 0.409 e. The zero-order chi connectivity index (χ0) is 25.5. The lowest BCUT2D eigenvalue weighted by Crippen LogP contribution is -2.55. The van der Waals surface area contributed by atoms with Gasteiger partial charge in [-0.2, -0.15) is 0 Å². The maximum Gasteiger partial charge on any atom is 0.240 e. The Kier molecular flexibility index (Phi) is 9.24. The SMILES string of the molecule is CC(C)(C)[Si](C)(C)O[C@H](COCc1ccccc1)[C@@H](OCc1ccccc1)[C@@H]1CC(=O)NN1C=O. The van der Waals surface area contributed by atoms with Crippen molar-refractivity contribution in [2.45, 2.75) is 76.8 Å². The second-order valence-electron chi connectivity index (χ2n) is 10.5. The molecule has 3 rings (SSSR count). The number of nitrogens with one attached hydrogen (secondary N) is 1. The first-order valence-electron chi connectivity index (χ1n) is 12.1. The molecule has 2 aromatic carbocycles. The van der Waals surface area contributed by atoms with E-state index in [4.69, 9.17) is 13.9 Å². The molecule has 2 amide bonds. The Morgan fingerprint density at radius 2 is 1.60 bits per heavy atom. The Hall–Kier alpha value is -2.52. The van der Waals surface area contributed by atoms with Crippen molar-refractivity contribution in [1.82, 2.24) is 10.4 Å². The van der Waals surface area contributed by atoms with E-state index in [2.05, 4.69) is 39.3 Å². The molecule has 1 heterocycles. The molecule has 1 N–H and O–H groups in total. The van der Waals surface area contributed by atoms with Gasteiger partial charge in [0.25, 0.3) is 0 Å². The van der Waals surface area contributed by atoms with Crippen LogP contribution in [0.3, 0.4) is 0 Å². The van der Waals surface area contributed by atoms with Crippen LogP contribution in [-0.2, 0) is 36.7 Å². The summed E-state index contributed by atoms with van der Waals surface area (Å²) in [6.07, 6.45) is -0.246. The third kappa shape index (κ3) is 7.48. The van der Waals surface area contributed by atoms with Crippen LogP contribution in [0.5, 0.6) is 0 Å². The molecule has 0 aromatic heterocycles. The van der Waals surface area contributed by atoms with Gasteiger partial charge in [-0.25, -0.2) is 0 Å². The lowest BCUT2D eigenvalue weighted by atomic mass is 10.0. The molecular weight excluding hydrogens is 460 g/mol. The van der Waals surface area contributed by atoms with Crippen LogP contribution in [0.2, 0.25) is 18.1 Å². The lowest BCUT2D eigenvalue weighted by Gasteiger charge is -2.42. The van der Waals surface area contributed by atoms with Gasteiger partial charge in [0.2, 0.25) is 12.3 Å². The van der Waals surface area contributed by atoms with Crippen LogP contribution in [0, 0.1) is 0 Å². The van der Waals surface area contributed by atoms with Crippen LogP contribution in [0.15, 0.2) is 60.7 Å². The van der Waals surface area contributed by atoms with Crippen molar-refractivity contribution in [3.8, 4) is 0 Å². The molecule has 0 radical (unpaired) electrons. The van der Waals surface area contributed by atoms with Crippen molar-refractivity contribution in [3.63, 3.8) is 0 Å². The fraction of sp³-hybridized carbons (Fsp3) is 0.481. The Morgan fingerprint density at radius 1 is 1.03 bits per heavy atom. The third-order valence-corrected chi connectivity index (χ3v) is 11.3. The number of carbonyl (C=O) groups excluding carboxylic acids is 2. The molecule has 0 bridgehead atoms. The summed E-state index contributed by atoms with van der Waals surface area (Å²) in [5, 5.41) is 1.26. The average Bonchev–Trinajstić information content (AvgIpc) is 3.20. The van der Waals surface area contributed by atoms with Gasteiger partial charge in [-0.3, -0.25) is 20.0 Å². The van der Waals surface area contributed by atoms with Gasteiger partial charge < -0.3 is 13.9 Å². The van der Waals surface area contributed by atoms with Gasteiger partial charge in [-0.1, -0.05) is 81.4 Å². The predicted molar refractivity (Wildman–Crippen MR) is 138 cm³/mol. The molecule has 0 unspecified atom stereocenters. The third-order valence-electron chi connectivity index (χ3n) is 6.80. The first-order chi connectivity index (χ1) is 16.6. The second kappa shape index (κ2) is 11.9. The van der Waals surface area contributed by atoms with E-state index < -0.39 is 26.6 Å². The number of carbonyl (C=O) groups is 2. The minimum atomic E-state index is -2.24. The normalized spacial score (nSPS) is 18.3. The van der Waals surface area contributed by atoms with Crippen molar-refractivity contribution >= 4 is 20.6 Å². The molecule has 1 aliphatic heterocycles. The number of hydrogen-bond acceptors (Lipinski definition) is 5. The summed E-state index contributed by atoms with van der Waals surface area (Å²) in [7, 11) is -2.24. The standard InChI is InChI=1S/C27H38N2O5Si/c1-27(2,3)35(4,5)34-24(19-32-17-21-12-8-6-9-13-21)26(23-16-25(31)28-29(23)20-30)33-18-22-14-10-7-11-15-22/h6-15,20,23-24,26H,16-19H2,1-5H3,(H,28,31)/t23-,24+,26-/m0/s1. The zero-order valence-corrected chi connectivity index (χ0v) is 22.4. The van der Waals surface area contributed by atoms with Gasteiger partial charge in [0.1, 0.15) is 6.10 Å². The van der Waals surface area contributed by atoms with E-state index >= 15 is 0 Å². The highest BCUT2D eigenvalue weighted by atomic mass is 28.4. The van der Waals surface area contributed by atoms with Crippen LogP contribution < -0.4 is 5.43 Å². The molecule has 8 heteroatoms. The molecule has 0 saturated carbocycles. The Bertz CT molecular complexity index is 949. The molecule has 1 fully saturated rings. The molecule has 1 aliphatic rings. The van der Waals surface area contributed by atoms with E-state index in [1.54, 1.807) is 0 Å². The highest BCUT2D eigenvalue weighted by Gasteiger charge is 2.46.